The summed E-state index contributed by atoms with van der Waals surface area (Å²) in [7, 11) is -1.96. The number of rotatable bonds is 4. The lowest BCUT2D eigenvalue weighted by atomic mass is 10.2. The summed E-state index contributed by atoms with van der Waals surface area (Å²) < 4.78 is 29.7. The van der Waals surface area contributed by atoms with Crippen LogP contribution in [-0.4, -0.2) is 15.5 Å². The zero-order valence-electron chi connectivity index (χ0n) is 10.8. The maximum atomic E-state index is 12.3. The number of halogens is 1. The number of methoxy groups -OCH3 is 1. The van der Waals surface area contributed by atoms with Crippen molar-refractivity contribution in [1.29, 1.82) is 0 Å². The van der Waals surface area contributed by atoms with Gasteiger partial charge in [-0.2, -0.15) is 0 Å². The second-order valence-electron chi connectivity index (χ2n) is 4.29. The molecule has 0 fully saturated rings. The van der Waals surface area contributed by atoms with Gasteiger partial charge in [0.15, 0.2) is 9.84 Å². The summed E-state index contributed by atoms with van der Waals surface area (Å²) in [5.41, 5.74) is 6.64. The first kappa shape index (κ1) is 14.7. The highest BCUT2D eigenvalue weighted by molar-refractivity contribution is 7.90. The molecule has 0 bridgehead atoms. The Hall–Kier alpha value is -1.72. The molecule has 2 rings (SSSR count). The number of anilines is 1. The van der Waals surface area contributed by atoms with E-state index in [0.29, 0.717) is 22.0 Å². The number of ether oxygens (including phenoxy) is 1. The predicted molar refractivity (Wildman–Crippen MR) is 79.7 cm³/mol. The number of hydrogen-bond donors (Lipinski definition) is 1. The topological polar surface area (TPSA) is 69.4 Å². The van der Waals surface area contributed by atoms with Crippen LogP contribution in [0.15, 0.2) is 47.4 Å². The van der Waals surface area contributed by atoms with Gasteiger partial charge in [-0.15, -0.1) is 0 Å². The minimum absolute atomic E-state index is 0.137. The van der Waals surface area contributed by atoms with E-state index < -0.39 is 9.84 Å². The van der Waals surface area contributed by atoms with Gasteiger partial charge in [0.2, 0.25) is 0 Å². The van der Waals surface area contributed by atoms with Gasteiger partial charge >= 0.3 is 0 Å². The van der Waals surface area contributed by atoms with Crippen LogP contribution in [0.4, 0.5) is 5.69 Å². The molecule has 0 saturated carbocycles. The van der Waals surface area contributed by atoms with Crippen LogP contribution in [0.5, 0.6) is 5.75 Å². The Balaban J connectivity index is 2.32. The second kappa shape index (κ2) is 5.73. The average Bonchev–Trinajstić information content (AvgIpc) is 2.43. The Kier molecular flexibility index (Phi) is 4.20. The van der Waals surface area contributed by atoms with E-state index in [-0.39, 0.29) is 10.6 Å². The Morgan fingerprint density at radius 2 is 1.95 bits per heavy atom. The van der Waals surface area contributed by atoms with Crippen molar-refractivity contribution in [3.8, 4) is 5.75 Å². The molecule has 0 atom stereocenters. The van der Waals surface area contributed by atoms with Crippen molar-refractivity contribution in [3.05, 3.63) is 53.1 Å². The highest BCUT2D eigenvalue weighted by Gasteiger charge is 2.16. The normalized spacial score (nSPS) is 11.3. The fourth-order valence-electron chi connectivity index (χ4n) is 1.78. The smallest absolute Gasteiger partial charge is 0.182 e. The number of nitrogens with two attached hydrogens (primary N) is 1. The monoisotopic (exact) mass is 311 g/mol. The van der Waals surface area contributed by atoms with Crippen molar-refractivity contribution < 1.29 is 13.2 Å². The van der Waals surface area contributed by atoms with Crippen LogP contribution in [0.1, 0.15) is 5.56 Å². The van der Waals surface area contributed by atoms with Crippen molar-refractivity contribution in [2.75, 3.05) is 12.8 Å². The molecule has 0 aliphatic rings. The van der Waals surface area contributed by atoms with Gasteiger partial charge in [-0.05, 0) is 35.9 Å². The first-order valence-electron chi connectivity index (χ1n) is 5.83. The minimum Gasteiger partial charge on any atom is -0.497 e. The van der Waals surface area contributed by atoms with Crippen LogP contribution in [0.3, 0.4) is 0 Å². The van der Waals surface area contributed by atoms with Crippen LogP contribution in [0.2, 0.25) is 5.02 Å². The van der Waals surface area contributed by atoms with Crippen LogP contribution in [0.25, 0.3) is 0 Å². The number of hydrogen-bond acceptors (Lipinski definition) is 4. The van der Waals surface area contributed by atoms with Gasteiger partial charge in [0, 0.05) is 0 Å². The van der Waals surface area contributed by atoms with Crippen molar-refractivity contribution in [1.82, 2.24) is 0 Å². The molecule has 0 radical (unpaired) electrons. The third-order valence-electron chi connectivity index (χ3n) is 2.82. The summed E-state index contributed by atoms with van der Waals surface area (Å²) >= 11 is 5.82. The number of sulfone groups is 1. The predicted octanol–water partition coefficient (Wildman–Crippen LogP) is 2.90. The standard InChI is InChI=1S/C14H14ClNO3S/c1-19-11-3-2-4-12(8-11)20(17,18)9-10-5-6-13(15)14(16)7-10/h2-8H,9,16H2,1H3. The van der Waals surface area contributed by atoms with E-state index in [0.717, 1.165) is 0 Å². The van der Waals surface area contributed by atoms with E-state index in [1.54, 1.807) is 30.3 Å². The van der Waals surface area contributed by atoms with Gasteiger partial charge < -0.3 is 10.5 Å². The second-order valence-corrected chi connectivity index (χ2v) is 6.69. The van der Waals surface area contributed by atoms with Gasteiger partial charge in [-0.3, -0.25) is 0 Å². The van der Waals surface area contributed by atoms with E-state index in [1.165, 1.54) is 19.2 Å². The SMILES string of the molecule is COc1cccc(S(=O)(=O)Cc2ccc(Cl)c(N)c2)c1. The quantitative estimate of drug-likeness (QED) is 0.881. The van der Waals surface area contributed by atoms with E-state index in [1.807, 2.05) is 0 Å². The molecule has 6 heteroatoms. The molecular formula is C14H14ClNO3S. The third-order valence-corrected chi connectivity index (χ3v) is 4.85. The molecule has 0 unspecified atom stereocenters. The molecule has 0 aliphatic heterocycles. The van der Waals surface area contributed by atoms with Crippen molar-refractivity contribution >= 4 is 27.1 Å². The lowest BCUT2D eigenvalue weighted by Crippen LogP contribution is -2.05. The van der Waals surface area contributed by atoms with Gasteiger partial charge in [-0.25, -0.2) is 8.42 Å². The molecule has 106 valence electrons. The summed E-state index contributed by atoms with van der Waals surface area (Å²) in [6.07, 6.45) is 0. The van der Waals surface area contributed by atoms with Crippen molar-refractivity contribution in [3.63, 3.8) is 0 Å². The summed E-state index contributed by atoms with van der Waals surface area (Å²) in [6, 6.07) is 11.2. The van der Waals surface area contributed by atoms with Gasteiger partial charge in [0.25, 0.3) is 0 Å². The largest absolute Gasteiger partial charge is 0.497 e. The van der Waals surface area contributed by atoms with Crippen LogP contribution in [-0.2, 0) is 15.6 Å². The zero-order valence-corrected chi connectivity index (χ0v) is 12.4. The molecular weight excluding hydrogens is 298 g/mol. The Morgan fingerprint density at radius 1 is 1.20 bits per heavy atom. The highest BCUT2D eigenvalue weighted by atomic mass is 35.5. The number of benzene rings is 2. The summed E-state index contributed by atoms with van der Waals surface area (Å²) in [5, 5.41) is 0.410. The van der Waals surface area contributed by atoms with Gasteiger partial charge in [0.05, 0.1) is 28.5 Å². The fourth-order valence-corrected chi connectivity index (χ4v) is 3.26. The third kappa shape index (κ3) is 3.23. The van der Waals surface area contributed by atoms with Crippen LogP contribution >= 0.6 is 11.6 Å². The van der Waals surface area contributed by atoms with Crippen molar-refractivity contribution in [2.24, 2.45) is 0 Å². The van der Waals surface area contributed by atoms with Gasteiger partial charge in [0.1, 0.15) is 5.75 Å². The Bertz CT molecular complexity index is 729. The molecule has 2 N–H and O–H groups in total. The Labute approximate surface area is 123 Å². The fraction of sp³-hybridized carbons (Fsp3) is 0.143. The van der Waals surface area contributed by atoms with E-state index in [9.17, 15) is 8.42 Å². The lowest BCUT2D eigenvalue weighted by molar-refractivity contribution is 0.413. The first-order chi connectivity index (χ1) is 9.42. The highest BCUT2D eigenvalue weighted by Crippen LogP contribution is 2.24. The minimum atomic E-state index is -3.45. The van der Waals surface area contributed by atoms with Crippen LogP contribution in [0, 0.1) is 0 Å². The molecule has 0 amide bonds. The summed E-state index contributed by atoms with van der Waals surface area (Å²) in [4.78, 5) is 0.213. The molecule has 0 aliphatic carbocycles. The average molecular weight is 312 g/mol. The molecule has 2 aromatic carbocycles. The zero-order chi connectivity index (χ0) is 14.8. The molecule has 0 saturated heterocycles. The molecule has 4 nitrogen and oxygen atoms in total. The van der Waals surface area contributed by atoms with Crippen molar-refractivity contribution in [2.45, 2.75) is 10.6 Å². The molecule has 0 aromatic heterocycles. The molecule has 0 spiro atoms. The number of nitrogen functional groups attached to an aromatic ring is 1. The van der Waals surface area contributed by atoms with E-state index in [2.05, 4.69) is 0 Å². The maximum absolute atomic E-state index is 12.3. The summed E-state index contributed by atoms with van der Waals surface area (Å²) in [5.74, 6) is 0.364. The van der Waals surface area contributed by atoms with Gasteiger partial charge in [-0.1, -0.05) is 23.7 Å². The molecule has 20 heavy (non-hydrogen) atoms. The maximum Gasteiger partial charge on any atom is 0.182 e. The lowest BCUT2D eigenvalue weighted by Gasteiger charge is -2.07. The first-order valence-corrected chi connectivity index (χ1v) is 7.86. The van der Waals surface area contributed by atoms with E-state index in [4.69, 9.17) is 22.1 Å². The Morgan fingerprint density at radius 3 is 2.60 bits per heavy atom. The summed E-state index contributed by atoms with van der Waals surface area (Å²) in [6.45, 7) is 0. The molecule has 2 aromatic rings. The van der Waals surface area contributed by atoms with Crippen LogP contribution < -0.4 is 10.5 Å². The van der Waals surface area contributed by atoms with E-state index >= 15 is 0 Å². The molecule has 0 heterocycles.